The molecular formula is C13H19F2NOS. The zero-order valence-electron chi connectivity index (χ0n) is 10.5. The quantitative estimate of drug-likeness (QED) is 0.716. The first-order valence-electron chi connectivity index (χ1n) is 6.09. The van der Waals surface area contributed by atoms with Crippen molar-refractivity contribution in [3.05, 3.63) is 29.8 Å². The molecule has 0 heterocycles. The largest absolute Gasteiger partial charge is 0.395 e. The smallest absolute Gasteiger partial charge is 0.159 e. The molecule has 0 saturated heterocycles. The standard InChI is InChI=1S/C13H19F2NOS/c1-2-6-16-10(9-17)5-7-18-11-3-4-12(14)13(15)8-11/h3-4,8,10,16-17H,2,5-7,9H2,1H3. The molecule has 5 heteroatoms. The van der Waals surface area contributed by atoms with Crippen molar-refractivity contribution in [1.82, 2.24) is 5.32 Å². The minimum atomic E-state index is -0.822. The summed E-state index contributed by atoms with van der Waals surface area (Å²) in [6.45, 7) is 3.04. The molecule has 1 atom stereocenters. The molecule has 0 aliphatic rings. The topological polar surface area (TPSA) is 32.3 Å². The fourth-order valence-corrected chi connectivity index (χ4v) is 2.48. The molecule has 0 aliphatic heterocycles. The SMILES string of the molecule is CCCNC(CO)CCSc1ccc(F)c(F)c1. The monoisotopic (exact) mass is 275 g/mol. The van der Waals surface area contributed by atoms with Crippen molar-refractivity contribution in [1.29, 1.82) is 0 Å². The van der Waals surface area contributed by atoms with Crippen LogP contribution in [0.1, 0.15) is 19.8 Å². The van der Waals surface area contributed by atoms with Gasteiger partial charge in [0.05, 0.1) is 6.61 Å². The predicted octanol–water partition coefficient (Wildman–Crippen LogP) is 2.81. The van der Waals surface area contributed by atoms with Crippen LogP contribution in [-0.2, 0) is 0 Å². The van der Waals surface area contributed by atoms with Gasteiger partial charge in [-0.2, -0.15) is 0 Å². The van der Waals surface area contributed by atoms with E-state index in [0.29, 0.717) is 4.90 Å². The van der Waals surface area contributed by atoms with Crippen LogP contribution in [-0.4, -0.2) is 30.1 Å². The Morgan fingerprint density at radius 3 is 2.72 bits per heavy atom. The highest BCUT2D eigenvalue weighted by Crippen LogP contribution is 2.21. The number of halogens is 2. The summed E-state index contributed by atoms with van der Waals surface area (Å²) in [6, 6.07) is 3.98. The van der Waals surface area contributed by atoms with E-state index < -0.39 is 11.6 Å². The molecule has 0 aliphatic carbocycles. The molecule has 0 amide bonds. The average Bonchev–Trinajstić information content (AvgIpc) is 2.37. The van der Waals surface area contributed by atoms with E-state index >= 15 is 0 Å². The van der Waals surface area contributed by atoms with Crippen LogP contribution in [0.3, 0.4) is 0 Å². The van der Waals surface area contributed by atoms with Crippen molar-refractivity contribution in [3.8, 4) is 0 Å². The minimum Gasteiger partial charge on any atom is -0.395 e. The van der Waals surface area contributed by atoms with Gasteiger partial charge in [-0.3, -0.25) is 0 Å². The summed E-state index contributed by atoms with van der Waals surface area (Å²) < 4.78 is 25.7. The third-order valence-corrected chi connectivity index (χ3v) is 3.56. The van der Waals surface area contributed by atoms with Crippen molar-refractivity contribution in [2.45, 2.75) is 30.7 Å². The maximum absolute atomic E-state index is 13.0. The van der Waals surface area contributed by atoms with Gasteiger partial charge in [0.25, 0.3) is 0 Å². The first-order valence-corrected chi connectivity index (χ1v) is 7.08. The van der Waals surface area contributed by atoms with Crippen molar-refractivity contribution in [2.24, 2.45) is 0 Å². The van der Waals surface area contributed by atoms with Crippen molar-refractivity contribution >= 4 is 11.8 Å². The zero-order chi connectivity index (χ0) is 13.4. The highest BCUT2D eigenvalue weighted by molar-refractivity contribution is 7.99. The molecule has 0 bridgehead atoms. The van der Waals surface area contributed by atoms with Crippen LogP contribution in [0.5, 0.6) is 0 Å². The normalized spacial score (nSPS) is 12.7. The molecule has 0 spiro atoms. The lowest BCUT2D eigenvalue weighted by Crippen LogP contribution is -2.33. The molecule has 102 valence electrons. The van der Waals surface area contributed by atoms with E-state index in [4.69, 9.17) is 5.11 Å². The number of thioether (sulfide) groups is 1. The van der Waals surface area contributed by atoms with E-state index in [1.807, 2.05) is 0 Å². The van der Waals surface area contributed by atoms with Gasteiger partial charge in [0.2, 0.25) is 0 Å². The van der Waals surface area contributed by atoms with Crippen molar-refractivity contribution in [2.75, 3.05) is 18.9 Å². The number of aliphatic hydroxyl groups is 1. The lowest BCUT2D eigenvalue weighted by molar-refractivity contribution is 0.240. The molecule has 2 nitrogen and oxygen atoms in total. The molecular weight excluding hydrogens is 256 g/mol. The van der Waals surface area contributed by atoms with Gasteiger partial charge >= 0.3 is 0 Å². The van der Waals surface area contributed by atoms with Gasteiger partial charge < -0.3 is 10.4 Å². The Balaban J connectivity index is 2.33. The second-order valence-corrected chi connectivity index (χ2v) is 5.22. The van der Waals surface area contributed by atoms with Crippen LogP contribution >= 0.6 is 11.8 Å². The summed E-state index contributed by atoms with van der Waals surface area (Å²) >= 11 is 1.46. The van der Waals surface area contributed by atoms with Gasteiger partial charge in [-0.05, 0) is 43.3 Å². The van der Waals surface area contributed by atoms with Gasteiger partial charge in [0, 0.05) is 10.9 Å². The summed E-state index contributed by atoms with van der Waals surface area (Å²) in [5.41, 5.74) is 0. The van der Waals surface area contributed by atoms with Gasteiger partial charge in [0.15, 0.2) is 11.6 Å². The zero-order valence-corrected chi connectivity index (χ0v) is 11.3. The Bertz CT molecular complexity index is 363. The van der Waals surface area contributed by atoms with E-state index in [0.717, 1.165) is 31.2 Å². The van der Waals surface area contributed by atoms with Crippen LogP contribution in [0.4, 0.5) is 8.78 Å². The molecule has 1 aromatic rings. The maximum atomic E-state index is 13.0. The fraction of sp³-hybridized carbons (Fsp3) is 0.538. The van der Waals surface area contributed by atoms with Gasteiger partial charge in [0.1, 0.15) is 0 Å². The predicted molar refractivity (Wildman–Crippen MR) is 70.9 cm³/mol. The van der Waals surface area contributed by atoms with E-state index in [9.17, 15) is 8.78 Å². The molecule has 1 unspecified atom stereocenters. The van der Waals surface area contributed by atoms with E-state index in [2.05, 4.69) is 12.2 Å². The lowest BCUT2D eigenvalue weighted by Gasteiger charge is -2.15. The third-order valence-electron chi connectivity index (χ3n) is 2.53. The van der Waals surface area contributed by atoms with Crippen LogP contribution in [0.2, 0.25) is 0 Å². The summed E-state index contributed by atoms with van der Waals surface area (Å²) in [5, 5.41) is 12.4. The Morgan fingerprint density at radius 2 is 2.11 bits per heavy atom. The average molecular weight is 275 g/mol. The number of hydrogen-bond donors (Lipinski definition) is 2. The molecule has 0 saturated carbocycles. The highest BCUT2D eigenvalue weighted by atomic mass is 32.2. The molecule has 0 fully saturated rings. The summed E-state index contributed by atoms with van der Waals surface area (Å²) in [5.74, 6) is -0.882. The number of nitrogens with one attached hydrogen (secondary N) is 1. The molecule has 1 aromatic carbocycles. The van der Waals surface area contributed by atoms with Crippen LogP contribution in [0.15, 0.2) is 23.1 Å². The Labute approximate surface area is 111 Å². The summed E-state index contributed by atoms with van der Waals surface area (Å²) in [7, 11) is 0. The number of hydrogen-bond acceptors (Lipinski definition) is 3. The molecule has 0 radical (unpaired) electrons. The second-order valence-electron chi connectivity index (χ2n) is 4.05. The first-order chi connectivity index (χ1) is 8.67. The lowest BCUT2D eigenvalue weighted by atomic mass is 10.2. The van der Waals surface area contributed by atoms with Crippen molar-refractivity contribution < 1.29 is 13.9 Å². The summed E-state index contributed by atoms with van der Waals surface area (Å²) in [4.78, 5) is 0.709. The fourth-order valence-electron chi connectivity index (χ4n) is 1.49. The number of rotatable bonds is 8. The number of aliphatic hydroxyl groups excluding tert-OH is 1. The van der Waals surface area contributed by atoms with Crippen LogP contribution in [0.25, 0.3) is 0 Å². The van der Waals surface area contributed by atoms with Crippen molar-refractivity contribution in [3.63, 3.8) is 0 Å². The van der Waals surface area contributed by atoms with E-state index in [1.165, 1.54) is 17.8 Å². The van der Waals surface area contributed by atoms with Gasteiger partial charge in [-0.1, -0.05) is 6.92 Å². The van der Waals surface area contributed by atoms with Crippen LogP contribution in [0, 0.1) is 11.6 Å². The third kappa shape index (κ3) is 5.33. The van der Waals surface area contributed by atoms with Gasteiger partial charge in [-0.25, -0.2) is 8.78 Å². The molecule has 0 aromatic heterocycles. The number of benzene rings is 1. The van der Waals surface area contributed by atoms with Gasteiger partial charge in [-0.15, -0.1) is 11.8 Å². The summed E-state index contributed by atoms with van der Waals surface area (Å²) in [6.07, 6.45) is 1.81. The maximum Gasteiger partial charge on any atom is 0.159 e. The highest BCUT2D eigenvalue weighted by Gasteiger charge is 2.07. The minimum absolute atomic E-state index is 0.0720. The van der Waals surface area contributed by atoms with E-state index in [-0.39, 0.29) is 12.6 Å². The first kappa shape index (κ1) is 15.4. The molecule has 2 N–H and O–H groups in total. The molecule has 1 rings (SSSR count). The van der Waals surface area contributed by atoms with E-state index in [1.54, 1.807) is 6.07 Å². The Hall–Kier alpha value is -0.650. The second kappa shape index (κ2) is 8.45. The molecule has 18 heavy (non-hydrogen) atoms. The Kier molecular flexibility index (Phi) is 7.23. The Morgan fingerprint density at radius 1 is 1.33 bits per heavy atom. The van der Waals surface area contributed by atoms with Crippen LogP contribution < -0.4 is 5.32 Å².